The van der Waals surface area contributed by atoms with Crippen LogP contribution in [-0.2, 0) is 6.54 Å². The quantitative estimate of drug-likeness (QED) is 0.782. The summed E-state index contributed by atoms with van der Waals surface area (Å²) in [6, 6.07) is 5.25. The SMILES string of the molecule is CN(C)C(=O)c1ccc(NCCn2ccnn2)c(N)c1. The number of nitrogens with zero attached hydrogens (tertiary/aromatic N) is 4. The first-order valence-corrected chi connectivity index (χ1v) is 6.27. The summed E-state index contributed by atoms with van der Waals surface area (Å²) in [7, 11) is 3.42. The molecule has 0 atom stereocenters. The van der Waals surface area contributed by atoms with E-state index < -0.39 is 0 Å². The summed E-state index contributed by atoms with van der Waals surface area (Å²) in [5, 5.41) is 10.8. The van der Waals surface area contributed by atoms with E-state index in [1.54, 1.807) is 43.3 Å². The molecule has 1 heterocycles. The molecule has 0 aliphatic carbocycles. The molecule has 0 saturated carbocycles. The molecule has 7 nitrogen and oxygen atoms in total. The molecule has 0 aliphatic rings. The molecule has 7 heteroatoms. The average molecular weight is 274 g/mol. The van der Waals surface area contributed by atoms with E-state index in [-0.39, 0.29) is 5.91 Å². The molecule has 0 spiro atoms. The number of carbonyl (C=O) groups is 1. The highest BCUT2D eigenvalue weighted by Gasteiger charge is 2.09. The lowest BCUT2D eigenvalue weighted by molar-refractivity contribution is 0.0827. The van der Waals surface area contributed by atoms with Gasteiger partial charge in [-0.3, -0.25) is 9.48 Å². The van der Waals surface area contributed by atoms with Crippen molar-refractivity contribution in [1.29, 1.82) is 0 Å². The maximum absolute atomic E-state index is 11.8. The van der Waals surface area contributed by atoms with Crippen LogP contribution in [0.2, 0.25) is 0 Å². The molecule has 2 aromatic rings. The Hall–Kier alpha value is -2.57. The fraction of sp³-hybridized carbons (Fsp3) is 0.308. The average Bonchev–Trinajstić information content (AvgIpc) is 2.92. The Kier molecular flexibility index (Phi) is 4.19. The second-order valence-corrected chi connectivity index (χ2v) is 4.59. The highest BCUT2D eigenvalue weighted by atomic mass is 16.2. The number of rotatable bonds is 5. The van der Waals surface area contributed by atoms with Crippen LogP contribution in [0.3, 0.4) is 0 Å². The zero-order valence-electron chi connectivity index (χ0n) is 11.6. The van der Waals surface area contributed by atoms with E-state index in [0.29, 0.717) is 24.3 Å². The van der Waals surface area contributed by atoms with Crippen molar-refractivity contribution in [3.05, 3.63) is 36.2 Å². The van der Waals surface area contributed by atoms with Gasteiger partial charge in [-0.15, -0.1) is 5.10 Å². The Morgan fingerprint density at radius 1 is 1.45 bits per heavy atom. The third kappa shape index (κ3) is 3.25. The Morgan fingerprint density at radius 2 is 2.25 bits per heavy atom. The van der Waals surface area contributed by atoms with Gasteiger partial charge < -0.3 is 16.0 Å². The molecule has 0 unspecified atom stereocenters. The summed E-state index contributed by atoms with van der Waals surface area (Å²) in [4.78, 5) is 13.3. The van der Waals surface area contributed by atoms with Gasteiger partial charge in [0.05, 0.1) is 24.1 Å². The van der Waals surface area contributed by atoms with Gasteiger partial charge in [-0.2, -0.15) is 0 Å². The number of carbonyl (C=O) groups excluding carboxylic acids is 1. The molecule has 1 aromatic heterocycles. The van der Waals surface area contributed by atoms with Crippen LogP contribution in [0.5, 0.6) is 0 Å². The number of hydrogen-bond acceptors (Lipinski definition) is 5. The summed E-state index contributed by atoms with van der Waals surface area (Å²) >= 11 is 0. The molecule has 1 aromatic carbocycles. The fourth-order valence-electron chi connectivity index (χ4n) is 1.77. The first kappa shape index (κ1) is 13.9. The monoisotopic (exact) mass is 274 g/mol. The topological polar surface area (TPSA) is 89.1 Å². The van der Waals surface area contributed by atoms with Gasteiger partial charge in [-0.1, -0.05) is 5.21 Å². The zero-order valence-corrected chi connectivity index (χ0v) is 11.6. The van der Waals surface area contributed by atoms with Crippen LogP contribution in [0.4, 0.5) is 11.4 Å². The smallest absolute Gasteiger partial charge is 0.253 e. The lowest BCUT2D eigenvalue weighted by atomic mass is 10.1. The van der Waals surface area contributed by atoms with Crippen molar-refractivity contribution >= 4 is 17.3 Å². The summed E-state index contributed by atoms with van der Waals surface area (Å²) in [6.07, 6.45) is 3.43. The summed E-state index contributed by atoms with van der Waals surface area (Å²) in [5.74, 6) is -0.0640. The predicted molar refractivity (Wildman–Crippen MR) is 77.4 cm³/mol. The predicted octanol–water partition coefficient (Wildman–Crippen LogP) is 0.674. The maximum atomic E-state index is 11.8. The molecule has 0 radical (unpaired) electrons. The van der Waals surface area contributed by atoms with Gasteiger partial charge in [0, 0.05) is 32.4 Å². The normalized spacial score (nSPS) is 10.3. The standard InChI is InChI=1S/C13H18N6O/c1-18(2)13(20)10-3-4-12(11(14)9-10)15-5-7-19-8-6-16-17-19/h3-4,6,8-9,15H,5,7,14H2,1-2H3. The van der Waals surface area contributed by atoms with Crippen molar-refractivity contribution in [3.8, 4) is 0 Å². The van der Waals surface area contributed by atoms with E-state index in [9.17, 15) is 4.79 Å². The Labute approximate surface area is 117 Å². The van der Waals surface area contributed by atoms with Crippen LogP contribution < -0.4 is 11.1 Å². The third-order valence-corrected chi connectivity index (χ3v) is 2.83. The summed E-state index contributed by atoms with van der Waals surface area (Å²) in [6.45, 7) is 1.37. The van der Waals surface area contributed by atoms with E-state index >= 15 is 0 Å². The van der Waals surface area contributed by atoms with Crippen molar-refractivity contribution in [3.63, 3.8) is 0 Å². The van der Waals surface area contributed by atoms with Crippen LogP contribution in [0.1, 0.15) is 10.4 Å². The van der Waals surface area contributed by atoms with E-state index in [1.807, 2.05) is 6.07 Å². The van der Waals surface area contributed by atoms with Crippen molar-refractivity contribution < 1.29 is 4.79 Å². The first-order chi connectivity index (χ1) is 9.58. The number of aromatic nitrogens is 3. The number of benzene rings is 1. The minimum absolute atomic E-state index is 0.0640. The van der Waals surface area contributed by atoms with Crippen LogP contribution in [0.25, 0.3) is 0 Å². The zero-order chi connectivity index (χ0) is 14.5. The van der Waals surface area contributed by atoms with Gasteiger partial charge in [0.25, 0.3) is 5.91 Å². The van der Waals surface area contributed by atoms with Gasteiger partial charge in [-0.05, 0) is 18.2 Å². The first-order valence-electron chi connectivity index (χ1n) is 6.27. The Balaban J connectivity index is 1.97. The molecule has 0 aliphatic heterocycles. The molecule has 0 fully saturated rings. The largest absolute Gasteiger partial charge is 0.397 e. The third-order valence-electron chi connectivity index (χ3n) is 2.83. The van der Waals surface area contributed by atoms with Crippen LogP contribution in [0.15, 0.2) is 30.6 Å². The van der Waals surface area contributed by atoms with Crippen LogP contribution in [-0.4, -0.2) is 46.4 Å². The van der Waals surface area contributed by atoms with Crippen LogP contribution in [0, 0.1) is 0 Å². The van der Waals surface area contributed by atoms with E-state index in [4.69, 9.17) is 5.73 Å². The molecular formula is C13H18N6O. The molecular weight excluding hydrogens is 256 g/mol. The van der Waals surface area contributed by atoms with Crippen molar-refractivity contribution in [2.75, 3.05) is 31.7 Å². The summed E-state index contributed by atoms with van der Waals surface area (Å²) < 4.78 is 1.73. The van der Waals surface area contributed by atoms with Crippen molar-refractivity contribution in [2.24, 2.45) is 0 Å². The van der Waals surface area contributed by atoms with E-state index in [1.165, 1.54) is 4.90 Å². The highest BCUT2D eigenvalue weighted by Crippen LogP contribution is 2.20. The number of nitrogens with one attached hydrogen (secondary N) is 1. The molecule has 1 amide bonds. The fourth-order valence-corrected chi connectivity index (χ4v) is 1.77. The lowest BCUT2D eigenvalue weighted by Gasteiger charge is -2.13. The van der Waals surface area contributed by atoms with Crippen LogP contribution >= 0.6 is 0 Å². The van der Waals surface area contributed by atoms with Crippen molar-refractivity contribution in [2.45, 2.75) is 6.54 Å². The molecule has 0 bridgehead atoms. The van der Waals surface area contributed by atoms with Gasteiger partial charge in [0.1, 0.15) is 0 Å². The highest BCUT2D eigenvalue weighted by molar-refractivity contribution is 5.95. The van der Waals surface area contributed by atoms with Crippen molar-refractivity contribution in [1.82, 2.24) is 19.9 Å². The molecule has 2 rings (SSSR count). The van der Waals surface area contributed by atoms with Gasteiger partial charge in [-0.25, -0.2) is 0 Å². The second kappa shape index (κ2) is 6.05. The number of nitrogens with two attached hydrogens (primary N) is 1. The second-order valence-electron chi connectivity index (χ2n) is 4.59. The minimum Gasteiger partial charge on any atom is -0.397 e. The van der Waals surface area contributed by atoms with E-state index in [0.717, 1.165) is 5.69 Å². The number of hydrogen-bond donors (Lipinski definition) is 2. The Morgan fingerprint density at radius 3 is 2.85 bits per heavy atom. The minimum atomic E-state index is -0.0640. The molecule has 106 valence electrons. The molecule has 0 saturated heterocycles. The Bertz CT molecular complexity index is 579. The summed E-state index contributed by atoms with van der Waals surface area (Å²) in [5.41, 5.74) is 7.89. The lowest BCUT2D eigenvalue weighted by Crippen LogP contribution is -2.21. The van der Waals surface area contributed by atoms with Gasteiger partial charge in [0.2, 0.25) is 0 Å². The molecule has 20 heavy (non-hydrogen) atoms. The number of nitrogen functional groups attached to an aromatic ring is 1. The number of anilines is 2. The number of amides is 1. The van der Waals surface area contributed by atoms with Gasteiger partial charge >= 0.3 is 0 Å². The van der Waals surface area contributed by atoms with Gasteiger partial charge in [0.15, 0.2) is 0 Å². The van der Waals surface area contributed by atoms with E-state index in [2.05, 4.69) is 15.6 Å². The molecule has 3 N–H and O–H groups in total. The maximum Gasteiger partial charge on any atom is 0.253 e.